The third kappa shape index (κ3) is 5.75. The van der Waals surface area contributed by atoms with E-state index in [1.165, 1.54) is 60.8 Å². The number of nitrogens with zero attached hydrogens (tertiary/aromatic N) is 2. The summed E-state index contributed by atoms with van der Waals surface area (Å²) in [4.78, 5) is 10.3. The molecular weight excluding hydrogens is 665 g/mol. The van der Waals surface area contributed by atoms with E-state index in [4.69, 9.17) is 9.97 Å². The average molecular weight is 703 g/mol. The standard InChI is InChI=1S/C53H38N2/c1-53(2)47-26-14-25-45(51(47)46-32-39-19-9-10-20-40(39)33-48(46)53)44-24-12-11-23-43(44)41-21-13-22-42(31-41)50-34-49(54-52(55-50)38-17-7-4-8-18-38)37-29-27-36(28-30-37)35-15-5-3-6-16-35/h3-34H,1-2H3. The van der Waals surface area contributed by atoms with Gasteiger partial charge in [-0.05, 0) is 90.7 Å². The molecule has 0 atom stereocenters. The smallest absolute Gasteiger partial charge is 0.160 e. The summed E-state index contributed by atoms with van der Waals surface area (Å²) in [5.41, 5.74) is 17.4. The first-order valence-corrected chi connectivity index (χ1v) is 19.0. The van der Waals surface area contributed by atoms with Crippen molar-refractivity contribution in [2.75, 3.05) is 0 Å². The van der Waals surface area contributed by atoms with Gasteiger partial charge in [0.25, 0.3) is 0 Å². The zero-order valence-electron chi connectivity index (χ0n) is 30.9. The Morgan fingerprint density at radius 1 is 0.327 bits per heavy atom. The van der Waals surface area contributed by atoms with Gasteiger partial charge in [-0.15, -0.1) is 0 Å². The van der Waals surface area contributed by atoms with E-state index in [-0.39, 0.29) is 5.41 Å². The fourth-order valence-corrected chi connectivity index (χ4v) is 8.44. The molecule has 8 aromatic carbocycles. The summed E-state index contributed by atoms with van der Waals surface area (Å²) in [5.74, 6) is 0.708. The summed E-state index contributed by atoms with van der Waals surface area (Å²) >= 11 is 0. The molecule has 10 rings (SSSR count). The van der Waals surface area contributed by atoms with Gasteiger partial charge in [-0.25, -0.2) is 9.97 Å². The predicted molar refractivity (Wildman–Crippen MR) is 230 cm³/mol. The van der Waals surface area contributed by atoms with Crippen LogP contribution in [0.4, 0.5) is 0 Å². The Labute approximate surface area is 322 Å². The number of hydrogen-bond donors (Lipinski definition) is 0. The molecule has 2 nitrogen and oxygen atoms in total. The topological polar surface area (TPSA) is 25.8 Å². The van der Waals surface area contributed by atoms with E-state index in [0.29, 0.717) is 5.82 Å². The maximum atomic E-state index is 5.18. The molecule has 0 N–H and O–H groups in total. The number of hydrogen-bond acceptors (Lipinski definition) is 2. The van der Waals surface area contributed by atoms with Crippen molar-refractivity contribution in [3.05, 3.63) is 205 Å². The van der Waals surface area contributed by atoms with Crippen LogP contribution in [0.5, 0.6) is 0 Å². The summed E-state index contributed by atoms with van der Waals surface area (Å²) < 4.78 is 0. The van der Waals surface area contributed by atoms with Crippen molar-refractivity contribution < 1.29 is 0 Å². The van der Waals surface area contributed by atoms with Crippen LogP contribution >= 0.6 is 0 Å². The maximum Gasteiger partial charge on any atom is 0.160 e. The van der Waals surface area contributed by atoms with Crippen LogP contribution in [0.3, 0.4) is 0 Å². The lowest BCUT2D eigenvalue weighted by Crippen LogP contribution is -2.14. The Morgan fingerprint density at radius 3 is 1.60 bits per heavy atom. The fourth-order valence-electron chi connectivity index (χ4n) is 8.44. The van der Waals surface area contributed by atoms with Crippen LogP contribution in [0.15, 0.2) is 194 Å². The minimum absolute atomic E-state index is 0.109. The van der Waals surface area contributed by atoms with E-state index in [0.717, 1.165) is 33.6 Å². The lowest BCUT2D eigenvalue weighted by molar-refractivity contribution is 0.661. The first kappa shape index (κ1) is 32.7. The second-order valence-electron chi connectivity index (χ2n) is 15.0. The lowest BCUT2D eigenvalue weighted by Gasteiger charge is -2.22. The van der Waals surface area contributed by atoms with Gasteiger partial charge in [0.2, 0.25) is 0 Å². The molecule has 1 aromatic heterocycles. The zero-order chi connectivity index (χ0) is 36.9. The molecule has 55 heavy (non-hydrogen) atoms. The van der Waals surface area contributed by atoms with Crippen LogP contribution < -0.4 is 0 Å². The van der Waals surface area contributed by atoms with Gasteiger partial charge in [0.05, 0.1) is 11.4 Å². The molecule has 0 amide bonds. The molecule has 1 aliphatic rings. The van der Waals surface area contributed by atoms with Crippen molar-refractivity contribution in [3.8, 4) is 78.4 Å². The van der Waals surface area contributed by atoms with Crippen LogP contribution in [0, 0.1) is 0 Å². The first-order chi connectivity index (χ1) is 27.0. The molecule has 9 aromatic rings. The minimum Gasteiger partial charge on any atom is -0.228 e. The summed E-state index contributed by atoms with van der Waals surface area (Å²) in [7, 11) is 0. The molecule has 2 heteroatoms. The molecule has 0 radical (unpaired) electrons. The number of fused-ring (bicyclic) bond motifs is 4. The van der Waals surface area contributed by atoms with E-state index >= 15 is 0 Å². The zero-order valence-corrected chi connectivity index (χ0v) is 30.9. The van der Waals surface area contributed by atoms with Gasteiger partial charge in [0, 0.05) is 22.1 Å². The fraction of sp³-hybridized carbons (Fsp3) is 0.0566. The normalized spacial score (nSPS) is 12.7. The monoisotopic (exact) mass is 702 g/mol. The number of benzene rings is 8. The van der Waals surface area contributed by atoms with Crippen LogP contribution in [0.25, 0.3) is 89.2 Å². The van der Waals surface area contributed by atoms with Gasteiger partial charge in [-0.2, -0.15) is 0 Å². The molecular formula is C53H38N2. The minimum atomic E-state index is -0.109. The van der Waals surface area contributed by atoms with Gasteiger partial charge >= 0.3 is 0 Å². The maximum absolute atomic E-state index is 5.18. The first-order valence-electron chi connectivity index (χ1n) is 19.0. The van der Waals surface area contributed by atoms with Gasteiger partial charge in [-0.3, -0.25) is 0 Å². The average Bonchev–Trinajstić information content (AvgIpc) is 3.48. The summed E-state index contributed by atoms with van der Waals surface area (Å²) in [6, 6.07) is 69.6. The third-order valence-corrected chi connectivity index (χ3v) is 11.3. The molecule has 260 valence electrons. The van der Waals surface area contributed by atoms with Crippen LogP contribution in [0.2, 0.25) is 0 Å². The van der Waals surface area contributed by atoms with Crippen LogP contribution in [-0.2, 0) is 5.41 Å². The highest BCUT2D eigenvalue weighted by Crippen LogP contribution is 2.54. The molecule has 0 aliphatic heterocycles. The third-order valence-electron chi connectivity index (χ3n) is 11.3. The molecule has 0 saturated carbocycles. The summed E-state index contributed by atoms with van der Waals surface area (Å²) in [6.07, 6.45) is 0. The second-order valence-corrected chi connectivity index (χ2v) is 15.0. The van der Waals surface area contributed by atoms with Crippen molar-refractivity contribution in [1.29, 1.82) is 0 Å². The lowest BCUT2D eigenvalue weighted by atomic mass is 9.81. The van der Waals surface area contributed by atoms with E-state index in [2.05, 4.69) is 184 Å². The molecule has 0 spiro atoms. The van der Waals surface area contributed by atoms with Crippen molar-refractivity contribution in [2.24, 2.45) is 0 Å². The highest BCUT2D eigenvalue weighted by atomic mass is 14.9. The van der Waals surface area contributed by atoms with Crippen molar-refractivity contribution in [2.45, 2.75) is 19.3 Å². The molecule has 1 heterocycles. The summed E-state index contributed by atoms with van der Waals surface area (Å²) in [5, 5.41) is 2.56. The van der Waals surface area contributed by atoms with E-state index in [1.807, 2.05) is 24.3 Å². The largest absolute Gasteiger partial charge is 0.228 e. The SMILES string of the molecule is CC1(C)c2cc3ccccc3cc2-c2c(-c3ccccc3-c3cccc(-c4cc(-c5ccc(-c6ccccc6)cc5)nc(-c5ccccc5)n4)c3)cccc21. The number of rotatable bonds is 6. The van der Waals surface area contributed by atoms with Crippen molar-refractivity contribution >= 4 is 10.8 Å². The highest BCUT2D eigenvalue weighted by molar-refractivity contribution is 6.01. The van der Waals surface area contributed by atoms with Crippen molar-refractivity contribution in [1.82, 2.24) is 9.97 Å². The highest BCUT2D eigenvalue weighted by Gasteiger charge is 2.37. The van der Waals surface area contributed by atoms with Crippen LogP contribution in [-0.4, -0.2) is 9.97 Å². The molecule has 0 fully saturated rings. The Morgan fingerprint density at radius 2 is 0.855 bits per heavy atom. The Balaban J connectivity index is 1.09. The molecule has 0 bridgehead atoms. The predicted octanol–water partition coefficient (Wildman–Crippen LogP) is 13.9. The van der Waals surface area contributed by atoms with E-state index in [1.54, 1.807) is 0 Å². The molecule has 0 saturated heterocycles. The van der Waals surface area contributed by atoms with E-state index in [9.17, 15) is 0 Å². The number of aromatic nitrogens is 2. The summed E-state index contributed by atoms with van der Waals surface area (Å²) in [6.45, 7) is 4.73. The Kier molecular flexibility index (Phi) is 7.85. The van der Waals surface area contributed by atoms with Crippen LogP contribution in [0.1, 0.15) is 25.0 Å². The quantitative estimate of drug-likeness (QED) is 0.172. The van der Waals surface area contributed by atoms with Crippen molar-refractivity contribution in [3.63, 3.8) is 0 Å². The van der Waals surface area contributed by atoms with Gasteiger partial charge in [-0.1, -0.05) is 184 Å². The second kappa shape index (κ2) is 13.2. The molecule has 0 unspecified atom stereocenters. The Bertz CT molecular complexity index is 2870. The van der Waals surface area contributed by atoms with Gasteiger partial charge in [0.1, 0.15) is 0 Å². The van der Waals surface area contributed by atoms with Gasteiger partial charge < -0.3 is 0 Å². The van der Waals surface area contributed by atoms with Gasteiger partial charge in [0.15, 0.2) is 5.82 Å². The Hall–Kier alpha value is -6.90. The molecule has 1 aliphatic carbocycles. The van der Waals surface area contributed by atoms with E-state index < -0.39 is 0 Å².